The van der Waals surface area contributed by atoms with Crippen molar-refractivity contribution in [2.75, 3.05) is 32.7 Å². The number of rotatable bonds is 5. The molecule has 3 nitrogen and oxygen atoms in total. The summed E-state index contributed by atoms with van der Waals surface area (Å²) in [5.74, 6) is 0.806. The van der Waals surface area contributed by atoms with Crippen molar-refractivity contribution in [3.63, 3.8) is 0 Å². The zero-order valence-electron chi connectivity index (χ0n) is 10.3. The van der Waals surface area contributed by atoms with Crippen molar-refractivity contribution in [2.24, 2.45) is 22.8 Å². The van der Waals surface area contributed by atoms with E-state index in [1.165, 1.54) is 38.9 Å². The van der Waals surface area contributed by atoms with E-state index in [0.29, 0.717) is 0 Å². The molecular weight excluding hydrogens is 186 g/mol. The van der Waals surface area contributed by atoms with Gasteiger partial charge in [-0.05, 0) is 63.3 Å². The van der Waals surface area contributed by atoms with E-state index < -0.39 is 0 Å². The minimum absolute atomic E-state index is 0.244. The Morgan fingerprint density at radius 2 is 1.67 bits per heavy atom. The zero-order valence-corrected chi connectivity index (χ0v) is 10.3. The summed E-state index contributed by atoms with van der Waals surface area (Å²) in [6.07, 6.45) is 3.66. The third kappa shape index (κ3) is 3.74. The molecule has 0 atom stereocenters. The fourth-order valence-corrected chi connectivity index (χ4v) is 2.18. The first kappa shape index (κ1) is 12.9. The molecule has 0 saturated carbocycles. The molecule has 0 aromatic carbocycles. The number of nitrogens with zero attached hydrogens (tertiary/aromatic N) is 1. The normalized spacial score (nSPS) is 22.2. The van der Waals surface area contributed by atoms with Crippen molar-refractivity contribution in [1.29, 1.82) is 0 Å². The summed E-state index contributed by atoms with van der Waals surface area (Å²) >= 11 is 0. The standard InChI is InChI=1S/C12H27N3/c1-11(2)3-6-15-7-4-12(9-13,10-14)5-8-15/h11H,3-10,13-14H2,1-2H3. The first-order valence-electron chi connectivity index (χ1n) is 6.24. The Kier molecular flexibility index (Phi) is 5.03. The Labute approximate surface area is 94.2 Å². The predicted molar refractivity (Wildman–Crippen MR) is 65.7 cm³/mol. The van der Waals surface area contributed by atoms with E-state index in [1.807, 2.05) is 0 Å². The molecule has 15 heavy (non-hydrogen) atoms. The minimum Gasteiger partial charge on any atom is -0.330 e. The predicted octanol–water partition coefficient (Wildman–Crippen LogP) is 1.03. The first-order chi connectivity index (χ1) is 7.12. The van der Waals surface area contributed by atoms with Gasteiger partial charge in [0.2, 0.25) is 0 Å². The number of hydrogen-bond donors (Lipinski definition) is 2. The highest BCUT2D eigenvalue weighted by Crippen LogP contribution is 2.29. The second kappa shape index (κ2) is 5.83. The van der Waals surface area contributed by atoms with E-state index >= 15 is 0 Å². The molecule has 90 valence electrons. The lowest BCUT2D eigenvalue weighted by molar-refractivity contribution is 0.112. The van der Waals surface area contributed by atoms with Gasteiger partial charge in [0.15, 0.2) is 0 Å². The monoisotopic (exact) mass is 213 g/mol. The fraction of sp³-hybridized carbons (Fsp3) is 1.00. The number of likely N-dealkylation sites (tertiary alicyclic amines) is 1. The molecule has 3 heteroatoms. The van der Waals surface area contributed by atoms with Crippen LogP contribution in [0.1, 0.15) is 33.1 Å². The molecule has 1 rings (SSSR count). The van der Waals surface area contributed by atoms with E-state index in [4.69, 9.17) is 11.5 Å². The van der Waals surface area contributed by atoms with Gasteiger partial charge < -0.3 is 16.4 Å². The van der Waals surface area contributed by atoms with Gasteiger partial charge in [0.05, 0.1) is 0 Å². The highest BCUT2D eigenvalue weighted by atomic mass is 15.1. The Hall–Kier alpha value is -0.120. The molecule has 1 heterocycles. The molecule has 4 N–H and O–H groups in total. The summed E-state index contributed by atoms with van der Waals surface area (Å²) in [6.45, 7) is 9.68. The Bertz CT molecular complexity index is 166. The molecular formula is C12H27N3. The second-order valence-electron chi connectivity index (χ2n) is 5.43. The molecule has 0 spiro atoms. The number of hydrogen-bond acceptors (Lipinski definition) is 3. The van der Waals surface area contributed by atoms with Crippen molar-refractivity contribution in [2.45, 2.75) is 33.1 Å². The topological polar surface area (TPSA) is 55.3 Å². The Balaban J connectivity index is 2.28. The molecule has 0 aromatic heterocycles. The molecule has 0 unspecified atom stereocenters. The van der Waals surface area contributed by atoms with E-state index in [9.17, 15) is 0 Å². The van der Waals surface area contributed by atoms with Crippen LogP contribution in [0.25, 0.3) is 0 Å². The quantitative estimate of drug-likeness (QED) is 0.717. The summed E-state index contributed by atoms with van der Waals surface area (Å²) < 4.78 is 0. The van der Waals surface area contributed by atoms with Gasteiger partial charge >= 0.3 is 0 Å². The van der Waals surface area contributed by atoms with E-state index in [-0.39, 0.29) is 5.41 Å². The average molecular weight is 213 g/mol. The van der Waals surface area contributed by atoms with Gasteiger partial charge in [-0.1, -0.05) is 13.8 Å². The van der Waals surface area contributed by atoms with Gasteiger partial charge in [-0.2, -0.15) is 0 Å². The smallest absolute Gasteiger partial charge is 0.000748 e. The summed E-state index contributed by atoms with van der Waals surface area (Å²) in [5, 5.41) is 0. The molecule has 0 radical (unpaired) electrons. The minimum atomic E-state index is 0.244. The molecule has 1 saturated heterocycles. The average Bonchev–Trinajstić information content (AvgIpc) is 2.27. The number of nitrogens with two attached hydrogens (primary N) is 2. The third-order valence-corrected chi connectivity index (χ3v) is 3.81. The Morgan fingerprint density at radius 1 is 1.13 bits per heavy atom. The van der Waals surface area contributed by atoms with Crippen molar-refractivity contribution < 1.29 is 0 Å². The van der Waals surface area contributed by atoms with Crippen molar-refractivity contribution in [1.82, 2.24) is 4.90 Å². The maximum Gasteiger partial charge on any atom is -0.000748 e. The van der Waals surface area contributed by atoms with Gasteiger partial charge in [0.25, 0.3) is 0 Å². The van der Waals surface area contributed by atoms with Crippen LogP contribution in [0.4, 0.5) is 0 Å². The molecule has 0 bridgehead atoms. The SMILES string of the molecule is CC(C)CCN1CCC(CN)(CN)CC1. The molecule has 1 fully saturated rings. The van der Waals surface area contributed by atoms with Gasteiger partial charge in [-0.25, -0.2) is 0 Å². The van der Waals surface area contributed by atoms with Crippen LogP contribution >= 0.6 is 0 Å². The largest absolute Gasteiger partial charge is 0.330 e. The second-order valence-corrected chi connectivity index (χ2v) is 5.43. The number of piperidine rings is 1. The lowest BCUT2D eigenvalue weighted by Gasteiger charge is -2.40. The summed E-state index contributed by atoms with van der Waals surface area (Å²) in [7, 11) is 0. The van der Waals surface area contributed by atoms with Crippen molar-refractivity contribution in [3.05, 3.63) is 0 Å². The molecule has 0 aromatic rings. The van der Waals surface area contributed by atoms with Crippen LogP contribution in [0.5, 0.6) is 0 Å². The van der Waals surface area contributed by atoms with Crippen LogP contribution in [-0.4, -0.2) is 37.6 Å². The van der Waals surface area contributed by atoms with Crippen molar-refractivity contribution in [3.8, 4) is 0 Å². The zero-order chi connectivity index (χ0) is 11.3. The van der Waals surface area contributed by atoms with Gasteiger partial charge in [0.1, 0.15) is 0 Å². The fourth-order valence-electron chi connectivity index (χ4n) is 2.18. The van der Waals surface area contributed by atoms with Crippen molar-refractivity contribution >= 4 is 0 Å². The third-order valence-electron chi connectivity index (χ3n) is 3.81. The maximum atomic E-state index is 5.82. The summed E-state index contributed by atoms with van der Waals surface area (Å²) in [4.78, 5) is 2.56. The maximum absolute atomic E-state index is 5.82. The van der Waals surface area contributed by atoms with E-state index in [1.54, 1.807) is 0 Å². The van der Waals surface area contributed by atoms with Crippen LogP contribution in [0.3, 0.4) is 0 Å². The van der Waals surface area contributed by atoms with Gasteiger partial charge in [0, 0.05) is 0 Å². The van der Waals surface area contributed by atoms with Crippen LogP contribution in [0.2, 0.25) is 0 Å². The van der Waals surface area contributed by atoms with Crippen LogP contribution < -0.4 is 11.5 Å². The lowest BCUT2D eigenvalue weighted by atomic mass is 9.78. The summed E-state index contributed by atoms with van der Waals surface area (Å²) in [5.41, 5.74) is 11.9. The summed E-state index contributed by atoms with van der Waals surface area (Å²) in [6, 6.07) is 0. The van der Waals surface area contributed by atoms with E-state index in [2.05, 4.69) is 18.7 Å². The molecule has 1 aliphatic rings. The van der Waals surface area contributed by atoms with Crippen LogP contribution in [-0.2, 0) is 0 Å². The highest BCUT2D eigenvalue weighted by Gasteiger charge is 2.31. The van der Waals surface area contributed by atoms with Crippen LogP contribution in [0, 0.1) is 11.3 Å². The lowest BCUT2D eigenvalue weighted by Crippen LogP contribution is -2.48. The highest BCUT2D eigenvalue weighted by molar-refractivity contribution is 4.87. The molecule has 0 aliphatic carbocycles. The van der Waals surface area contributed by atoms with E-state index in [0.717, 1.165) is 19.0 Å². The van der Waals surface area contributed by atoms with Gasteiger partial charge in [-0.3, -0.25) is 0 Å². The van der Waals surface area contributed by atoms with Gasteiger partial charge in [-0.15, -0.1) is 0 Å². The Morgan fingerprint density at radius 3 is 2.07 bits per heavy atom. The molecule has 1 aliphatic heterocycles. The first-order valence-corrected chi connectivity index (χ1v) is 6.24. The van der Waals surface area contributed by atoms with Crippen LogP contribution in [0.15, 0.2) is 0 Å². The molecule has 0 amide bonds.